The Labute approximate surface area is 146 Å². The number of nitrogens with zero attached hydrogens (tertiary/aromatic N) is 3. The second-order valence-electron chi connectivity index (χ2n) is 5.09. The van der Waals surface area contributed by atoms with Gasteiger partial charge in [0, 0.05) is 41.2 Å². The summed E-state index contributed by atoms with van der Waals surface area (Å²) >= 11 is 1.71. The van der Waals surface area contributed by atoms with E-state index in [4.69, 9.17) is 0 Å². The largest absolute Gasteiger partial charge is 0.354 e. The third-order valence-corrected chi connectivity index (χ3v) is 4.10. The maximum Gasteiger partial charge on any atom is 0.225 e. The third-order valence-electron chi connectivity index (χ3n) is 3.38. The summed E-state index contributed by atoms with van der Waals surface area (Å²) in [5.74, 6) is 1.36. The van der Waals surface area contributed by atoms with Crippen LogP contribution >= 0.6 is 11.8 Å². The summed E-state index contributed by atoms with van der Waals surface area (Å²) in [6, 6.07) is 14.1. The molecule has 0 aliphatic heterocycles. The smallest absolute Gasteiger partial charge is 0.225 e. The number of nitrogens with one attached hydrogen (secondary N) is 2. The Balaban J connectivity index is 1.95. The van der Waals surface area contributed by atoms with E-state index in [9.17, 15) is 0 Å². The number of benzene rings is 1. The maximum atomic E-state index is 4.57. The quantitative estimate of drug-likeness (QED) is 0.649. The fraction of sp³-hybridized carbons (Fsp3) is 0.167. The molecule has 2 heterocycles. The van der Waals surface area contributed by atoms with Gasteiger partial charge in [-0.05, 0) is 43.5 Å². The fourth-order valence-corrected chi connectivity index (χ4v) is 2.73. The molecule has 1 aromatic carbocycles. The number of aromatic nitrogens is 3. The van der Waals surface area contributed by atoms with Crippen LogP contribution in [0.2, 0.25) is 0 Å². The van der Waals surface area contributed by atoms with Gasteiger partial charge in [-0.25, -0.2) is 4.98 Å². The average Bonchev–Trinajstić information content (AvgIpc) is 2.63. The van der Waals surface area contributed by atoms with E-state index < -0.39 is 0 Å². The second-order valence-corrected chi connectivity index (χ2v) is 5.96. The minimum atomic E-state index is 0.607. The zero-order chi connectivity index (χ0) is 16.8. The van der Waals surface area contributed by atoms with Crippen LogP contribution in [0.1, 0.15) is 6.92 Å². The molecule has 0 saturated heterocycles. The molecule has 3 rings (SSSR count). The first-order valence-corrected chi connectivity index (χ1v) is 8.95. The van der Waals surface area contributed by atoms with Crippen molar-refractivity contribution >= 4 is 29.2 Å². The van der Waals surface area contributed by atoms with Gasteiger partial charge < -0.3 is 10.6 Å². The van der Waals surface area contributed by atoms with Crippen LogP contribution in [-0.2, 0) is 0 Å². The van der Waals surface area contributed by atoms with Crippen LogP contribution in [0.4, 0.5) is 17.5 Å². The van der Waals surface area contributed by atoms with E-state index in [1.807, 2.05) is 37.3 Å². The molecule has 5 nitrogen and oxygen atoms in total. The van der Waals surface area contributed by atoms with Crippen molar-refractivity contribution in [3.63, 3.8) is 0 Å². The molecule has 0 unspecified atom stereocenters. The lowest BCUT2D eigenvalue weighted by atomic mass is 10.2. The zero-order valence-corrected chi connectivity index (χ0v) is 14.5. The molecule has 0 aliphatic rings. The van der Waals surface area contributed by atoms with Crippen molar-refractivity contribution in [1.82, 2.24) is 15.0 Å². The van der Waals surface area contributed by atoms with E-state index in [0.29, 0.717) is 5.95 Å². The number of pyridine rings is 1. The van der Waals surface area contributed by atoms with Gasteiger partial charge in [0.1, 0.15) is 5.82 Å². The van der Waals surface area contributed by atoms with Crippen molar-refractivity contribution in [3.8, 4) is 11.3 Å². The minimum absolute atomic E-state index is 0.607. The van der Waals surface area contributed by atoms with Gasteiger partial charge >= 0.3 is 0 Å². The van der Waals surface area contributed by atoms with Gasteiger partial charge in [-0.15, -0.1) is 11.8 Å². The topological polar surface area (TPSA) is 62.7 Å². The van der Waals surface area contributed by atoms with Gasteiger partial charge in [-0.3, -0.25) is 4.98 Å². The summed E-state index contributed by atoms with van der Waals surface area (Å²) in [5, 5.41) is 6.55. The van der Waals surface area contributed by atoms with Crippen molar-refractivity contribution in [2.75, 3.05) is 23.4 Å². The van der Waals surface area contributed by atoms with Crippen LogP contribution in [0, 0.1) is 0 Å². The van der Waals surface area contributed by atoms with Crippen molar-refractivity contribution < 1.29 is 0 Å². The van der Waals surface area contributed by atoms with E-state index in [2.05, 4.69) is 44.0 Å². The Morgan fingerprint density at radius 1 is 1.04 bits per heavy atom. The van der Waals surface area contributed by atoms with Crippen LogP contribution < -0.4 is 10.6 Å². The highest BCUT2D eigenvalue weighted by Crippen LogP contribution is 2.25. The van der Waals surface area contributed by atoms with Gasteiger partial charge in [-0.1, -0.05) is 6.07 Å². The third kappa shape index (κ3) is 4.02. The molecule has 2 N–H and O–H groups in total. The molecule has 3 aromatic rings. The number of anilines is 3. The molecule has 6 heteroatoms. The lowest BCUT2D eigenvalue weighted by Crippen LogP contribution is -2.05. The van der Waals surface area contributed by atoms with Crippen LogP contribution in [-0.4, -0.2) is 27.8 Å². The zero-order valence-electron chi connectivity index (χ0n) is 13.7. The first kappa shape index (κ1) is 16.3. The maximum absolute atomic E-state index is 4.57. The predicted molar refractivity (Wildman–Crippen MR) is 101 cm³/mol. The molecule has 0 bridgehead atoms. The van der Waals surface area contributed by atoms with E-state index in [-0.39, 0.29) is 0 Å². The predicted octanol–water partition coefficient (Wildman–Crippen LogP) is 4.44. The first-order valence-electron chi connectivity index (χ1n) is 7.73. The van der Waals surface area contributed by atoms with E-state index >= 15 is 0 Å². The van der Waals surface area contributed by atoms with Crippen molar-refractivity contribution in [2.45, 2.75) is 11.8 Å². The number of rotatable bonds is 6. The number of hydrogen-bond acceptors (Lipinski definition) is 6. The molecule has 0 aliphatic carbocycles. The average molecular weight is 337 g/mol. The number of hydrogen-bond donors (Lipinski definition) is 2. The van der Waals surface area contributed by atoms with E-state index in [1.165, 1.54) is 4.90 Å². The highest BCUT2D eigenvalue weighted by Gasteiger charge is 2.07. The van der Waals surface area contributed by atoms with Crippen LogP contribution in [0.3, 0.4) is 0 Å². The fourth-order valence-electron chi connectivity index (χ4n) is 2.27. The molecule has 0 radical (unpaired) electrons. The molecule has 2 aromatic heterocycles. The Kier molecular flexibility index (Phi) is 5.28. The summed E-state index contributed by atoms with van der Waals surface area (Å²) in [7, 11) is 0. The summed E-state index contributed by atoms with van der Waals surface area (Å²) in [4.78, 5) is 14.4. The standard InChI is InChI=1S/C18H19N5S/c1-3-20-18-22-16(13-7-9-19-10-8-13)12-17(23-18)21-14-5-4-6-15(11-14)24-2/h4-12H,3H2,1-2H3,(H2,20,21,22,23). The van der Waals surface area contributed by atoms with E-state index in [0.717, 1.165) is 29.3 Å². The monoisotopic (exact) mass is 337 g/mol. The lowest BCUT2D eigenvalue weighted by molar-refractivity contribution is 1.09. The highest BCUT2D eigenvalue weighted by molar-refractivity contribution is 7.98. The molecule has 24 heavy (non-hydrogen) atoms. The normalized spacial score (nSPS) is 10.4. The first-order chi connectivity index (χ1) is 11.8. The summed E-state index contributed by atoms with van der Waals surface area (Å²) in [6.45, 7) is 2.79. The summed E-state index contributed by atoms with van der Waals surface area (Å²) in [6.07, 6.45) is 5.59. The number of thioether (sulfide) groups is 1. The molecule has 0 spiro atoms. The van der Waals surface area contributed by atoms with Crippen molar-refractivity contribution in [2.24, 2.45) is 0 Å². The molecular weight excluding hydrogens is 318 g/mol. The molecule has 0 saturated carbocycles. The highest BCUT2D eigenvalue weighted by atomic mass is 32.2. The molecule has 0 amide bonds. The Morgan fingerprint density at radius 3 is 2.62 bits per heavy atom. The Hall–Kier alpha value is -2.60. The molecule has 0 atom stereocenters. The van der Waals surface area contributed by atoms with Crippen LogP contribution in [0.25, 0.3) is 11.3 Å². The summed E-state index contributed by atoms with van der Waals surface area (Å²) in [5.41, 5.74) is 2.86. The van der Waals surface area contributed by atoms with Gasteiger partial charge in [-0.2, -0.15) is 4.98 Å². The minimum Gasteiger partial charge on any atom is -0.354 e. The van der Waals surface area contributed by atoms with Gasteiger partial charge in [0.05, 0.1) is 5.69 Å². The van der Waals surface area contributed by atoms with Crippen molar-refractivity contribution in [1.29, 1.82) is 0 Å². The molecule has 0 fully saturated rings. The molecule has 122 valence electrons. The SMILES string of the molecule is CCNc1nc(Nc2cccc(SC)c2)cc(-c2ccncc2)n1. The van der Waals surface area contributed by atoms with E-state index in [1.54, 1.807) is 24.2 Å². The van der Waals surface area contributed by atoms with Crippen LogP contribution in [0.15, 0.2) is 59.8 Å². The van der Waals surface area contributed by atoms with Gasteiger partial charge in [0.2, 0.25) is 5.95 Å². The van der Waals surface area contributed by atoms with Gasteiger partial charge in [0.15, 0.2) is 0 Å². The molecular formula is C18H19N5S. The second kappa shape index (κ2) is 7.79. The lowest BCUT2D eigenvalue weighted by Gasteiger charge is -2.11. The summed E-state index contributed by atoms with van der Waals surface area (Å²) < 4.78 is 0. The van der Waals surface area contributed by atoms with Gasteiger partial charge in [0.25, 0.3) is 0 Å². The van der Waals surface area contributed by atoms with Crippen molar-refractivity contribution in [3.05, 3.63) is 54.9 Å². The Bertz CT molecular complexity index is 808. The van der Waals surface area contributed by atoms with Crippen LogP contribution in [0.5, 0.6) is 0 Å². The Morgan fingerprint density at radius 2 is 1.88 bits per heavy atom.